The third kappa shape index (κ3) is 4.19. The molecule has 0 bridgehead atoms. The van der Waals surface area contributed by atoms with E-state index in [-0.39, 0.29) is 0 Å². The van der Waals surface area contributed by atoms with Crippen LogP contribution in [0.3, 0.4) is 0 Å². The van der Waals surface area contributed by atoms with E-state index in [2.05, 4.69) is 17.4 Å². The van der Waals surface area contributed by atoms with E-state index >= 15 is 0 Å². The fraction of sp³-hybridized carbons (Fsp3) is 0.571. The van der Waals surface area contributed by atoms with Gasteiger partial charge in [-0.1, -0.05) is 12.1 Å². The SMILES string of the molecule is COc1ccc(CCC2CCC(S(N)(=O)=O)CN2)cc1. The quantitative estimate of drug-likeness (QED) is 0.851. The molecule has 1 aromatic carbocycles. The Balaban J connectivity index is 1.78. The van der Waals surface area contributed by atoms with Gasteiger partial charge < -0.3 is 10.1 Å². The zero-order chi connectivity index (χ0) is 14.6. The number of hydrogen-bond acceptors (Lipinski definition) is 4. The van der Waals surface area contributed by atoms with Gasteiger partial charge in [-0.25, -0.2) is 13.6 Å². The van der Waals surface area contributed by atoms with E-state index in [0.717, 1.165) is 25.0 Å². The Morgan fingerprint density at radius 1 is 1.30 bits per heavy atom. The Kier molecular flexibility index (Phi) is 5.01. The zero-order valence-corrected chi connectivity index (χ0v) is 12.5. The minimum absolute atomic E-state index is 0.370. The molecule has 1 saturated heterocycles. The smallest absolute Gasteiger partial charge is 0.213 e. The largest absolute Gasteiger partial charge is 0.497 e. The molecule has 0 aliphatic carbocycles. The van der Waals surface area contributed by atoms with E-state index in [1.54, 1.807) is 7.11 Å². The number of ether oxygens (including phenoxy) is 1. The third-order valence-electron chi connectivity index (χ3n) is 3.88. The molecular formula is C14H22N2O3S. The van der Waals surface area contributed by atoms with Gasteiger partial charge in [0.05, 0.1) is 12.4 Å². The molecule has 1 fully saturated rings. The summed E-state index contributed by atoms with van der Waals surface area (Å²) in [5.74, 6) is 0.862. The zero-order valence-electron chi connectivity index (χ0n) is 11.7. The molecule has 0 radical (unpaired) electrons. The Hall–Kier alpha value is -1.11. The second-order valence-electron chi connectivity index (χ2n) is 5.28. The second kappa shape index (κ2) is 6.56. The van der Waals surface area contributed by atoms with E-state index in [0.29, 0.717) is 19.0 Å². The monoisotopic (exact) mass is 298 g/mol. The van der Waals surface area contributed by atoms with Crippen LogP contribution in [-0.4, -0.2) is 33.4 Å². The first-order valence-corrected chi connectivity index (χ1v) is 8.48. The van der Waals surface area contributed by atoms with E-state index in [4.69, 9.17) is 9.88 Å². The maximum absolute atomic E-state index is 11.3. The highest BCUT2D eigenvalue weighted by molar-refractivity contribution is 7.89. The van der Waals surface area contributed by atoms with Crippen LogP contribution in [0.2, 0.25) is 0 Å². The van der Waals surface area contributed by atoms with Crippen LogP contribution in [0.25, 0.3) is 0 Å². The summed E-state index contributed by atoms with van der Waals surface area (Å²) in [6, 6.07) is 8.42. The number of sulfonamides is 1. The molecule has 2 atom stereocenters. The van der Waals surface area contributed by atoms with Gasteiger partial charge in [0.2, 0.25) is 10.0 Å². The van der Waals surface area contributed by atoms with Gasteiger partial charge >= 0.3 is 0 Å². The summed E-state index contributed by atoms with van der Waals surface area (Å²) < 4.78 is 27.6. The van der Waals surface area contributed by atoms with Crippen molar-refractivity contribution in [3.63, 3.8) is 0 Å². The summed E-state index contributed by atoms with van der Waals surface area (Å²) in [5.41, 5.74) is 1.26. The first-order valence-electron chi connectivity index (χ1n) is 6.87. The second-order valence-corrected chi connectivity index (χ2v) is 7.13. The summed E-state index contributed by atoms with van der Waals surface area (Å²) in [7, 11) is -1.74. The van der Waals surface area contributed by atoms with E-state index < -0.39 is 15.3 Å². The maximum Gasteiger partial charge on any atom is 0.213 e. The number of primary sulfonamides is 1. The van der Waals surface area contributed by atoms with Crippen molar-refractivity contribution in [3.8, 4) is 5.75 Å². The highest BCUT2D eigenvalue weighted by atomic mass is 32.2. The lowest BCUT2D eigenvalue weighted by atomic mass is 9.98. The first-order chi connectivity index (χ1) is 9.49. The molecule has 20 heavy (non-hydrogen) atoms. The molecule has 5 nitrogen and oxygen atoms in total. The third-order valence-corrected chi connectivity index (χ3v) is 5.21. The molecule has 0 aromatic heterocycles. The van der Waals surface area contributed by atoms with E-state index in [9.17, 15) is 8.42 Å². The Labute approximate surface area is 120 Å². The number of hydrogen-bond donors (Lipinski definition) is 2. The van der Waals surface area contributed by atoms with Gasteiger partial charge in [-0.15, -0.1) is 0 Å². The standard InChI is InChI=1S/C14H22N2O3S/c1-19-13-7-3-11(4-8-13)2-5-12-6-9-14(10-16-12)20(15,17)18/h3-4,7-8,12,14,16H,2,5-6,9-10H2,1H3,(H2,15,17,18). The number of piperidine rings is 1. The van der Waals surface area contributed by atoms with Crippen molar-refractivity contribution >= 4 is 10.0 Å². The van der Waals surface area contributed by atoms with Crippen LogP contribution in [0.1, 0.15) is 24.8 Å². The highest BCUT2D eigenvalue weighted by Gasteiger charge is 2.27. The van der Waals surface area contributed by atoms with Gasteiger partial charge in [-0.2, -0.15) is 0 Å². The molecular weight excluding hydrogens is 276 g/mol. The molecule has 2 unspecified atom stereocenters. The van der Waals surface area contributed by atoms with Gasteiger partial charge in [0.1, 0.15) is 5.75 Å². The molecule has 0 saturated carbocycles. The number of nitrogens with one attached hydrogen (secondary N) is 1. The van der Waals surface area contributed by atoms with Crippen molar-refractivity contribution in [1.29, 1.82) is 0 Å². The molecule has 0 spiro atoms. The summed E-state index contributed by atoms with van der Waals surface area (Å²) >= 11 is 0. The Morgan fingerprint density at radius 2 is 2.00 bits per heavy atom. The maximum atomic E-state index is 11.3. The van der Waals surface area contributed by atoms with Gasteiger partial charge in [-0.05, 0) is 43.4 Å². The average molecular weight is 298 g/mol. The van der Waals surface area contributed by atoms with E-state index in [1.165, 1.54) is 5.56 Å². The normalized spacial score (nSPS) is 23.5. The van der Waals surface area contributed by atoms with Crippen molar-refractivity contribution in [3.05, 3.63) is 29.8 Å². The Morgan fingerprint density at radius 3 is 2.50 bits per heavy atom. The number of benzene rings is 1. The molecule has 2 rings (SSSR count). The number of aryl methyl sites for hydroxylation is 1. The fourth-order valence-electron chi connectivity index (χ4n) is 2.55. The molecule has 1 aliphatic heterocycles. The lowest BCUT2D eigenvalue weighted by molar-refractivity contribution is 0.380. The summed E-state index contributed by atoms with van der Waals surface area (Å²) in [4.78, 5) is 0. The molecule has 0 amide bonds. The van der Waals surface area contributed by atoms with Crippen LogP contribution in [0.4, 0.5) is 0 Å². The molecule has 1 heterocycles. The summed E-state index contributed by atoms with van der Waals surface area (Å²) in [5, 5.41) is 8.02. The molecule has 1 aliphatic rings. The summed E-state index contributed by atoms with van der Waals surface area (Å²) in [6.45, 7) is 0.464. The van der Waals surface area contributed by atoms with E-state index in [1.807, 2.05) is 12.1 Å². The number of methoxy groups -OCH3 is 1. The first kappa shape index (κ1) is 15.3. The van der Waals surface area contributed by atoms with Crippen LogP contribution in [0, 0.1) is 0 Å². The van der Waals surface area contributed by atoms with Gasteiger partial charge in [0.25, 0.3) is 0 Å². The van der Waals surface area contributed by atoms with Gasteiger partial charge in [-0.3, -0.25) is 0 Å². The molecule has 1 aromatic rings. The molecule has 112 valence electrons. The van der Waals surface area contributed by atoms with Crippen LogP contribution in [-0.2, 0) is 16.4 Å². The van der Waals surface area contributed by atoms with Crippen molar-refractivity contribution in [1.82, 2.24) is 5.32 Å². The highest BCUT2D eigenvalue weighted by Crippen LogP contribution is 2.18. The fourth-order valence-corrected chi connectivity index (χ4v) is 3.34. The average Bonchev–Trinajstić information content (AvgIpc) is 2.45. The van der Waals surface area contributed by atoms with Crippen LogP contribution >= 0.6 is 0 Å². The van der Waals surface area contributed by atoms with Gasteiger partial charge in [0, 0.05) is 12.6 Å². The van der Waals surface area contributed by atoms with Crippen molar-refractivity contribution in [2.45, 2.75) is 37.0 Å². The van der Waals surface area contributed by atoms with Crippen molar-refractivity contribution in [2.24, 2.45) is 5.14 Å². The van der Waals surface area contributed by atoms with Crippen LogP contribution in [0.15, 0.2) is 24.3 Å². The van der Waals surface area contributed by atoms with Crippen LogP contribution in [0.5, 0.6) is 5.75 Å². The minimum atomic E-state index is -3.40. The lowest BCUT2D eigenvalue weighted by Gasteiger charge is -2.28. The topological polar surface area (TPSA) is 81.4 Å². The predicted octanol–water partition coefficient (Wildman–Crippen LogP) is 1.04. The predicted molar refractivity (Wildman–Crippen MR) is 79.2 cm³/mol. The Bertz CT molecular complexity index is 520. The lowest BCUT2D eigenvalue weighted by Crippen LogP contribution is -2.46. The van der Waals surface area contributed by atoms with Crippen LogP contribution < -0.4 is 15.2 Å². The van der Waals surface area contributed by atoms with Crippen molar-refractivity contribution in [2.75, 3.05) is 13.7 Å². The van der Waals surface area contributed by atoms with Crippen molar-refractivity contribution < 1.29 is 13.2 Å². The molecule has 3 N–H and O–H groups in total. The van der Waals surface area contributed by atoms with Gasteiger partial charge in [0.15, 0.2) is 0 Å². The minimum Gasteiger partial charge on any atom is -0.497 e. The molecule has 6 heteroatoms. The number of nitrogens with two attached hydrogens (primary N) is 1. The number of rotatable bonds is 5. The summed E-state index contributed by atoms with van der Waals surface area (Å²) in [6.07, 6.45) is 3.49.